The van der Waals surface area contributed by atoms with Crippen LogP contribution in [-0.4, -0.2) is 9.55 Å². The van der Waals surface area contributed by atoms with E-state index in [1.165, 1.54) is 12.3 Å². The Labute approximate surface area is 81.4 Å². The maximum absolute atomic E-state index is 12.9. The summed E-state index contributed by atoms with van der Waals surface area (Å²) in [5.74, 6) is -0.320. The number of fused-ring (bicyclic) bond motifs is 1. The Morgan fingerprint density at radius 2 is 2.21 bits per heavy atom. The predicted octanol–water partition coefficient (Wildman–Crippen LogP) is 1.73. The van der Waals surface area contributed by atoms with E-state index in [4.69, 9.17) is 5.73 Å². The Morgan fingerprint density at radius 1 is 1.50 bits per heavy atom. The number of aryl methyl sites for hydroxylation is 1. The molecule has 0 spiro atoms. The molecule has 14 heavy (non-hydrogen) atoms. The Balaban J connectivity index is 2.73. The predicted molar refractivity (Wildman–Crippen MR) is 53.3 cm³/mol. The molecule has 74 valence electrons. The first kappa shape index (κ1) is 9.15. The first-order chi connectivity index (χ1) is 6.59. The zero-order chi connectivity index (χ0) is 10.3. The molecular formula is C10H12FN3. The van der Waals surface area contributed by atoms with Gasteiger partial charge in [-0.25, -0.2) is 9.37 Å². The Kier molecular flexibility index (Phi) is 2.00. The largest absolute Gasteiger partial charge is 0.331 e. The molecule has 0 saturated carbocycles. The van der Waals surface area contributed by atoms with Crippen molar-refractivity contribution in [3.8, 4) is 0 Å². The highest BCUT2D eigenvalue weighted by Gasteiger charge is 2.10. The van der Waals surface area contributed by atoms with Crippen LogP contribution >= 0.6 is 0 Å². The third-order valence-electron chi connectivity index (χ3n) is 2.34. The van der Waals surface area contributed by atoms with Crippen molar-refractivity contribution < 1.29 is 4.39 Å². The van der Waals surface area contributed by atoms with Gasteiger partial charge in [0.05, 0.1) is 6.20 Å². The van der Waals surface area contributed by atoms with E-state index in [-0.39, 0.29) is 11.9 Å². The van der Waals surface area contributed by atoms with Gasteiger partial charge in [-0.3, -0.25) is 0 Å². The molecule has 2 N–H and O–H groups in total. The summed E-state index contributed by atoms with van der Waals surface area (Å²) in [5.41, 5.74) is 7.49. The van der Waals surface area contributed by atoms with Crippen LogP contribution in [0.15, 0.2) is 18.3 Å². The second kappa shape index (κ2) is 3.06. The highest BCUT2D eigenvalue weighted by atomic mass is 19.1. The first-order valence-electron chi connectivity index (χ1n) is 4.46. The lowest BCUT2D eigenvalue weighted by molar-refractivity contribution is 0.623. The van der Waals surface area contributed by atoms with E-state index in [0.29, 0.717) is 0 Å². The van der Waals surface area contributed by atoms with Gasteiger partial charge >= 0.3 is 0 Å². The molecule has 0 saturated heterocycles. The van der Waals surface area contributed by atoms with Crippen LogP contribution in [0, 0.1) is 5.82 Å². The molecule has 0 radical (unpaired) electrons. The summed E-state index contributed by atoms with van der Waals surface area (Å²) in [4.78, 5) is 4.02. The van der Waals surface area contributed by atoms with Crippen molar-refractivity contribution in [2.45, 2.75) is 13.0 Å². The number of hydrogen-bond donors (Lipinski definition) is 1. The quantitative estimate of drug-likeness (QED) is 0.749. The summed E-state index contributed by atoms with van der Waals surface area (Å²) in [5, 5.41) is 0.791. The number of nitrogens with zero attached hydrogens (tertiary/aromatic N) is 2. The summed E-state index contributed by atoms with van der Waals surface area (Å²) in [6.07, 6.45) is 1.22. The van der Waals surface area contributed by atoms with Crippen molar-refractivity contribution in [3.05, 3.63) is 29.8 Å². The molecule has 2 aromatic heterocycles. The van der Waals surface area contributed by atoms with E-state index in [1.54, 1.807) is 0 Å². The van der Waals surface area contributed by atoms with Crippen LogP contribution in [-0.2, 0) is 7.05 Å². The molecule has 4 heteroatoms. The molecule has 0 fully saturated rings. The lowest BCUT2D eigenvalue weighted by Gasteiger charge is -2.05. The third kappa shape index (κ3) is 1.28. The average molecular weight is 193 g/mol. The molecule has 2 rings (SSSR count). The SMILES string of the molecule is CC(N)c1cc2cc(F)cnc2n1C. The summed E-state index contributed by atoms with van der Waals surface area (Å²) in [7, 11) is 1.88. The Bertz CT molecular complexity index is 473. The van der Waals surface area contributed by atoms with E-state index in [1.807, 2.05) is 24.6 Å². The lowest BCUT2D eigenvalue weighted by atomic mass is 10.2. The van der Waals surface area contributed by atoms with Crippen LogP contribution in [0.25, 0.3) is 11.0 Å². The van der Waals surface area contributed by atoms with E-state index in [2.05, 4.69) is 4.98 Å². The second-order valence-electron chi connectivity index (χ2n) is 3.48. The van der Waals surface area contributed by atoms with Gasteiger partial charge in [-0.05, 0) is 19.1 Å². The van der Waals surface area contributed by atoms with Crippen molar-refractivity contribution in [2.24, 2.45) is 12.8 Å². The molecule has 2 aromatic rings. The minimum absolute atomic E-state index is 0.0720. The van der Waals surface area contributed by atoms with E-state index in [9.17, 15) is 4.39 Å². The average Bonchev–Trinajstić information content (AvgIpc) is 2.43. The Hall–Kier alpha value is -1.42. The molecule has 0 amide bonds. The zero-order valence-electron chi connectivity index (χ0n) is 8.16. The molecule has 2 heterocycles. The van der Waals surface area contributed by atoms with Gasteiger partial charge < -0.3 is 10.3 Å². The first-order valence-corrected chi connectivity index (χ1v) is 4.46. The van der Waals surface area contributed by atoms with Crippen LogP contribution in [0.4, 0.5) is 4.39 Å². The monoisotopic (exact) mass is 193 g/mol. The highest BCUT2D eigenvalue weighted by molar-refractivity contribution is 5.77. The zero-order valence-corrected chi connectivity index (χ0v) is 8.16. The number of pyridine rings is 1. The lowest BCUT2D eigenvalue weighted by Crippen LogP contribution is -2.09. The topological polar surface area (TPSA) is 43.8 Å². The number of hydrogen-bond acceptors (Lipinski definition) is 2. The standard InChI is InChI=1S/C10H12FN3/c1-6(12)9-4-7-3-8(11)5-13-10(7)14(9)2/h3-6H,12H2,1-2H3. The number of nitrogens with two attached hydrogens (primary N) is 1. The van der Waals surface area contributed by atoms with Crippen LogP contribution in [0.2, 0.25) is 0 Å². The fourth-order valence-corrected chi connectivity index (χ4v) is 1.65. The van der Waals surface area contributed by atoms with Crippen LogP contribution in [0.1, 0.15) is 18.7 Å². The Morgan fingerprint density at radius 3 is 2.86 bits per heavy atom. The smallest absolute Gasteiger partial charge is 0.142 e. The van der Waals surface area contributed by atoms with Gasteiger partial charge in [-0.15, -0.1) is 0 Å². The minimum Gasteiger partial charge on any atom is -0.331 e. The maximum atomic E-state index is 12.9. The molecular weight excluding hydrogens is 181 g/mol. The van der Waals surface area contributed by atoms with Gasteiger partial charge in [0.15, 0.2) is 0 Å². The summed E-state index contributed by atoms with van der Waals surface area (Å²) < 4.78 is 14.8. The van der Waals surface area contributed by atoms with E-state index >= 15 is 0 Å². The van der Waals surface area contributed by atoms with Gasteiger partial charge in [0, 0.05) is 24.2 Å². The number of aromatic nitrogens is 2. The molecule has 0 aliphatic carbocycles. The summed E-state index contributed by atoms with van der Waals surface area (Å²) in [6.45, 7) is 1.89. The fraction of sp³-hybridized carbons (Fsp3) is 0.300. The van der Waals surface area contributed by atoms with Crippen molar-refractivity contribution in [2.75, 3.05) is 0 Å². The molecule has 0 aromatic carbocycles. The van der Waals surface area contributed by atoms with E-state index < -0.39 is 0 Å². The van der Waals surface area contributed by atoms with Crippen LogP contribution < -0.4 is 5.73 Å². The van der Waals surface area contributed by atoms with Crippen molar-refractivity contribution in [1.29, 1.82) is 0 Å². The number of halogens is 1. The minimum atomic E-state index is -0.320. The maximum Gasteiger partial charge on any atom is 0.142 e. The van der Waals surface area contributed by atoms with Crippen molar-refractivity contribution >= 4 is 11.0 Å². The molecule has 0 bridgehead atoms. The highest BCUT2D eigenvalue weighted by Crippen LogP contribution is 2.20. The van der Waals surface area contributed by atoms with Crippen molar-refractivity contribution in [3.63, 3.8) is 0 Å². The van der Waals surface area contributed by atoms with Gasteiger partial charge in [0.2, 0.25) is 0 Å². The number of rotatable bonds is 1. The van der Waals surface area contributed by atoms with Gasteiger partial charge in [0.1, 0.15) is 11.5 Å². The van der Waals surface area contributed by atoms with Crippen LogP contribution in [0.3, 0.4) is 0 Å². The normalized spacial score (nSPS) is 13.4. The molecule has 0 aliphatic rings. The molecule has 1 unspecified atom stereocenters. The molecule has 3 nitrogen and oxygen atoms in total. The fourth-order valence-electron chi connectivity index (χ4n) is 1.65. The summed E-state index contributed by atoms with van der Waals surface area (Å²) in [6, 6.07) is 3.27. The summed E-state index contributed by atoms with van der Waals surface area (Å²) >= 11 is 0. The third-order valence-corrected chi connectivity index (χ3v) is 2.34. The molecule has 1 atom stereocenters. The van der Waals surface area contributed by atoms with Crippen LogP contribution in [0.5, 0.6) is 0 Å². The van der Waals surface area contributed by atoms with Gasteiger partial charge in [0.25, 0.3) is 0 Å². The molecule has 0 aliphatic heterocycles. The van der Waals surface area contributed by atoms with Gasteiger partial charge in [-0.2, -0.15) is 0 Å². The van der Waals surface area contributed by atoms with E-state index in [0.717, 1.165) is 16.7 Å². The second-order valence-corrected chi connectivity index (χ2v) is 3.48. The van der Waals surface area contributed by atoms with Crippen molar-refractivity contribution in [1.82, 2.24) is 9.55 Å². The van der Waals surface area contributed by atoms with Gasteiger partial charge in [-0.1, -0.05) is 0 Å².